The fraction of sp³-hybridized carbons (Fsp3) is 0.923. The van der Waals surface area contributed by atoms with Crippen LogP contribution in [0.2, 0.25) is 0 Å². The highest BCUT2D eigenvalue weighted by Gasteiger charge is 2.30. The summed E-state index contributed by atoms with van der Waals surface area (Å²) in [5.74, 6) is -0.261. The summed E-state index contributed by atoms with van der Waals surface area (Å²) in [5.41, 5.74) is 5.33. The highest BCUT2D eigenvalue weighted by Crippen LogP contribution is 2.23. The Labute approximate surface area is 110 Å². The molecule has 2 atom stereocenters. The van der Waals surface area contributed by atoms with Gasteiger partial charge in [-0.2, -0.15) is 0 Å². The van der Waals surface area contributed by atoms with E-state index in [-0.39, 0.29) is 17.6 Å². The molecule has 1 fully saturated rings. The summed E-state index contributed by atoms with van der Waals surface area (Å²) in [4.78, 5) is 13.6. The Kier molecular flexibility index (Phi) is 6.05. The summed E-state index contributed by atoms with van der Waals surface area (Å²) in [5, 5.41) is 3.12. The topological polar surface area (TPSA) is 67.6 Å². The van der Waals surface area contributed by atoms with Crippen molar-refractivity contribution in [2.24, 2.45) is 5.73 Å². The van der Waals surface area contributed by atoms with Crippen molar-refractivity contribution in [2.45, 2.75) is 44.8 Å². The normalized spacial score (nSPS) is 27.1. The van der Waals surface area contributed by atoms with Gasteiger partial charge in [0.15, 0.2) is 0 Å². The first kappa shape index (κ1) is 15.4. The molecule has 0 aromatic carbocycles. The Balaban J connectivity index is 2.40. The zero-order valence-corrected chi connectivity index (χ0v) is 11.9. The number of hydrogen-bond donors (Lipinski definition) is 2. The van der Waals surface area contributed by atoms with E-state index in [1.165, 1.54) is 0 Å². The van der Waals surface area contributed by atoms with E-state index in [9.17, 15) is 4.79 Å². The lowest BCUT2D eigenvalue weighted by molar-refractivity contribution is -0.120. The molecule has 1 amide bonds. The number of ether oxygens (including phenoxy) is 1. The van der Waals surface area contributed by atoms with Gasteiger partial charge in [-0.1, -0.05) is 6.92 Å². The highest BCUT2D eigenvalue weighted by atomic mass is 16.5. The van der Waals surface area contributed by atoms with Crippen molar-refractivity contribution in [1.29, 1.82) is 0 Å². The van der Waals surface area contributed by atoms with Gasteiger partial charge in [0.1, 0.15) is 0 Å². The van der Waals surface area contributed by atoms with E-state index in [1.54, 1.807) is 7.11 Å². The molecular weight excluding hydrogens is 230 g/mol. The van der Waals surface area contributed by atoms with Gasteiger partial charge in [0.2, 0.25) is 5.91 Å². The second-order valence-electron chi connectivity index (χ2n) is 5.34. The molecule has 1 aliphatic rings. The van der Waals surface area contributed by atoms with Gasteiger partial charge in [-0.15, -0.1) is 0 Å². The third-order valence-electron chi connectivity index (χ3n) is 3.76. The summed E-state index contributed by atoms with van der Waals surface area (Å²) in [6.45, 7) is 7.80. The standard InChI is InChI=1S/C13H27N3O2/c1-4-15-11(12(14)17)6-9-16-8-5-7-13(2,10-16)18-3/h11,15H,4-10H2,1-3H3,(H2,14,17). The lowest BCUT2D eigenvalue weighted by Gasteiger charge is -2.39. The molecule has 0 aliphatic carbocycles. The van der Waals surface area contributed by atoms with Crippen LogP contribution in [0.25, 0.3) is 0 Å². The van der Waals surface area contributed by atoms with Crippen LogP contribution in [0.5, 0.6) is 0 Å². The molecule has 0 saturated carbocycles. The number of nitrogens with one attached hydrogen (secondary N) is 1. The monoisotopic (exact) mass is 257 g/mol. The van der Waals surface area contributed by atoms with Crippen LogP contribution in [-0.2, 0) is 9.53 Å². The molecule has 0 aromatic rings. The fourth-order valence-electron chi connectivity index (χ4n) is 2.57. The molecule has 5 nitrogen and oxygen atoms in total. The van der Waals surface area contributed by atoms with Crippen molar-refractivity contribution in [2.75, 3.05) is 33.3 Å². The maximum absolute atomic E-state index is 11.3. The molecule has 5 heteroatoms. The van der Waals surface area contributed by atoms with E-state index >= 15 is 0 Å². The van der Waals surface area contributed by atoms with Gasteiger partial charge in [-0.25, -0.2) is 0 Å². The SMILES string of the molecule is CCNC(CCN1CCCC(C)(OC)C1)C(N)=O. The van der Waals surface area contributed by atoms with Crippen molar-refractivity contribution in [3.05, 3.63) is 0 Å². The summed E-state index contributed by atoms with van der Waals surface area (Å²) in [7, 11) is 1.77. The Morgan fingerprint density at radius 1 is 1.61 bits per heavy atom. The summed E-state index contributed by atoms with van der Waals surface area (Å²) in [6, 6.07) is -0.217. The molecule has 106 valence electrons. The Bertz CT molecular complexity index is 273. The lowest BCUT2D eigenvalue weighted by Crippen LogP contribution is -2.49. The van der Waals surface area contributed by atoms with Gasteiger partial charge in [0.25, 0.3) is 0 Å². The van der Waals surface area contributed by atoms with Crippen LogP contribution in [0.4, 0.5) is 0 Å². The molecule has 18 heavy (non-hydrogen) atoms. The first-order chi connectivity index (χ1) is 8.50. The van der Waals surface area contributed by atoms with Crippen LogP contribution in [0.1, 0.15) is 33.1 Å². The number of hydrogen-bond acceptors (Lipinski definition) is 4. The van der Waals surface area contributed by atoms with Crippen LogP contribution >= 0.6 is 0 Å². The van der Waals surface area contributed by atoms with Crippen LogP contribution in [0.3, 0.4) is 0 Å². The third kappa shape index (κ3) is 4.55. The predicted octanol–water partition coefficient (Wildman–Crippen LogP) is 0.341. The molecule has 1 aliphatic heterocycles. The van der Waals surface area contributed by atoms with Crippen LogP contribution in [-0.4, -0.2) is 55.7 Å². The maximum Gasteiger partial charge on any atom is 0.234 e. The van der Waals surface area contributed by atoms with Gasteiger partial charge < -0.3 is 20.7 Å². The number of carbonyl (C=O) groups is 1. The zero-order valence-electron chi connectivity index (χ0n) is 11.9. The lowest BCUT2D eigenvalue weighted by atomic mass is 9.94. The number of methoxy groups -OCH3 is 1. The zero-order chi connectivity index (χ0) is 13.6. The van der Waals surface area contributed by atoms with Gasteiger partial charge in [-0.3, -0.25) is 4.79 Å². The van der Waals surface area contributed by atoms with Crippen LogP contribution in [0.15, 0.2) is 0 Å². The van der Waals surface area contributed by atoms with E-state index in [2.05, 4.69) is 17.1 Å². The van der Waals surface area contributed by atoms with Gasteiger partial charge >= 0.3 is 0 Å². The van der Waals surface area contributed by atoms with Gasteiger partial charge in [-0.05, 0) is 39.3 Å². The number of nitrogens with zero attached hydrogens (tertiary/aromatic N) is 1. The third-order valence-corrected chi connectivity index (χ3v) is 3.76. The van der Waals surface area contributed by atoms with Crippen LogP contribution in [0, 0.1) is 0 Å². The molecule has 0 radical (unpaired) electrons. The second-order valence-corrected chi connectivity index (χ2v) is 5.34. The highest BCUT2D eigenvalue weighted by molar-refractivity contribution is 5.79. The minimum atomic E-state index is -0.261. The molecular formula is C13H27N3O2. The molecule has 0 spiro atoms. The van der Waals surface area contributed by atoms with E-state index < -0.39 is 0 Å². The molecule has 0 aromatic heterocycles. The first-order valence-corrected chi connectivity index (χ1v) is 6.81. The number of nitrogens with two attached hydrogens (primary N) is 1. The largest absolute Gasteiger partial charge is 0.377 e. The molecule has 3 N–H and O–H groups in total. The second kappa shape index (κ2) is 7.07. The molecule has 1 saturated heterocycles. The van der Waals surface area contributed by atoms with Crippen molar-refractivity contribution in [3.63, 3.8) is 0 Å². The Morgan fingerprint density at radius 3 is 2.89 bits per heavy atom. The number of piperidine rings is 1. The smallest absolute Gasteiger partial charge is 0.234 e. The van der Waals surface area contributed by atoms with Crippen molar-refractivity contribution in [1.82, 2.24) is 10.2 Å². The number of likely N-dealkylation sites (N-methyl/N-ethyl adjacent to an activating group) is 1. The predicted molar refractivity (Wildman–Crippen MR) is 72.4 cm³/mol. The average Bonchev–Trinajstić information content (AvgIpc) is 2.34. The van der Waals surface area contributed by atoms with Gasteiger partial charge in [0, 0.05) is 20.2 Å². The number of likely N-dealkylation sites (tertiary alicyclic amines) is 1. The maximum atomic E-state index is 11.3. The summed E-state index contributed by atoms with van der Waals surface area (Å²) in [6.07, 6.45) is 3.02. The average molecular weight is 257 g/mol. The van der Waals surface area contributed by atoms with E-state index in [4.69, 9.17) is 10.5 Å². The van der Waals surface area contributed by atoms with Crippen LogP contribution < -0.4 is 11.1 Å². The van der Waals surface area contributed by atoms with E-state index in [0.29, 0.717) is 0 Å². The Hall–Kier alpha value is -0.650. The number of amides is 1. The number of primary amides is 1. The fourth-order valence-corrected chi connectivity index (χ4v) is 2.57. The van der Waals surface area contributed by atoms with E-state index in [0.717, 1.165) is 45.4 Å². The molecule has 1 heterocycles. The summed E-state index contributed by atoms with van der Waals surface area (Å²) >= 11 is 0. The van der Waals surface area contributed by atoms with Crippen molar-refractivity contribution < 1.29 is 9.53 Å². The first-order valence-electron chi connectivity index (χ1n) is 6.81. The van der Waals surface area contributed by atoms with Crippen molar-refractivity contribution in [3.8, 4) is 0 Å². The quantitative estimate of drug-likeness (QED) is 0.690. The van der Waals surface area contributed by atoms with Crippen molar-refractivity contribution >= 4 is 5.91 Å². The number of rotatable bonds is 7. The van der Waals surface area contributed by atoms with Gasteiger partial charge in [0.05, 0.1) is 11.6 Å². The molecule has 0 bridgehead atoms. The minimum absolute atomic E-state index is 0.0430. The molecule has 2 unspecified atom stereocenters. The molecule has 1 rings (SSSR count). The Morgan fingerprint density at radius 2 is 2.33 bits per heavy atom. The minimum Gasteiger partial charge on any atom is -0.377 e. The van der Waals surface area contributed by atoms with E-state index in [1.807, 2.05) is 6.92 Å². The number of carbonyl (C=O) groups excluding carboxylic acids is 1. The summed E-state index contributed by atoms with van der Waals surface area (Å²) < 4.78 is 5.56.